The number of halogens is 1. The molecule has 1 aromatic rings. The molecule has 1 N–H and O–H groups in total. The average molecular weight is 266 g/mol. The fourth-order valence-corrected chi connectivity index (χ4v) is 2.88. The Kier molecular flexibility index (Phi) is 3.27. The van der Waals surface area contributed by atoms with Gasteiger partial charge in [-0.1, -0.05) is 23.7 Å². The second-order valence-corrected chi connectivity index (χ2v) is 5.46. The Bertz CT molecular complexity index is 475. The van der Waals surface area contributed by atoms with Crippen LogP contribution in [0.2, 0.25) is 5.02 Å². The van der Waals surface area contributed by atoms with E-state index in [1.165, 1.54) is 0 Å². The maximum atomic E-state index is 9.62. The molecule has 1 saturated carbocycles. The Hall–Kier alpha value is -1.06. The van der Waals surface area contributed by atoms with E-state index in [1.54, 1.807) is 0 Å². The summed E-state index contributed by atoms with van der Waals surface area (Å²) in [5.74, 6) is 0.779. The maximum absolute atomic E-state index is 9.62. The van der Waals surface area contributed by atoms with Crippen LogP contribution >= 0.6 is 11.6 Å². The topological polar surface area (TPSA) is 41.8 Å². The molecule has 18 heavy (non-hydrogen) atoms. The summed E-state index contributed by atoms with van der Waals surface area (Å²) >= 11 is 5.96. The van der Waals surface area contributed by atoms with Gasteiger partial charge in [-0.25, -0.2) is 4.99 Å². The third-order valence-electron chi connectivity index (χ3n) is 3.57. The predicted molar refractivity (Wildman–Crippen MR) is 71.1 cm³/mol. The van der Waals surface area contributed by atoms with Crippen molar-refractivity contribution in [1.29, 1.82) is 0 Å². The van der Waals surface area contributed by atoms with E-state index in [0.717, 1.165) is 29.3 Å². The van der Waals surface area contributed by atoms with Gasteiger partial charge in [0, 0.05) is 17.9 Å². The molecule has 1 aliphatic heterocycles. The number of ether oxygens (including phenoxy) is 1. The molecule has 1 aliphatic carbocycles. The summed E-state index contributed by atoms with van der Waals surface area (Å²) in [5, 5.41) is 10.4. The summed E-state index contributed by atoms with van der Waals surface area (Å²) in [5.41, 5.74) is 1.11. The lowest BCUT2D eigenvalue weighted by molar-refractivity contribution is 0.0497. The van der Waals surface area contributed by atoms with Crippen LogP contribution in [-0.4, -0.2) is 29.3 Å². The number of aliphatic hydroxyl groups excluding tert-OH is 1. The first kappa shape index (κ1) is 12.0. The van der Waals surface area contributed by atoms with Gasteiger partial charge >= 0.3 is 0 Å². The highest BCUT2D eigenvalue weighted by atomic mass is 35.5. The smallest absolute Gasteiger partial charge is 0.188 e. The molecule has 96 valence electrons. The van der Waals surface area contributed by atoms with Gasteiger partial charge in [0.25, 0.3) is 0 Å². The minimum absolute atomic E-state index is 0.0722. The number of aliphatic hydroxyl groups is 1. The van der Waals surface area contributed by atoms with Gasteiger partial charge in [-0.15, -0.1) is 0 Å². The summed E-state index contributed by atoms with van der Waals surface area (Å²) < 4.78 is 5.83. The number of hydrogen-bond acceptors (Lipinski definition) is 3. The zero-order valence-corrected chi connectivity index (χ0v) is 10.8. The van der Waals surface area contributed by atoms with Crippen molar-refractivity contribution in [3.05, 3.63) is 34.9 Å². The largest absolute Gasteiger partial charge is 0.475 e. The number of benzene rings is 1. The molecule has 3 unspecified atom stereocenters. The fraction of sp³-hybridized carbons (Fsp3) is 0.500. The molecule has 0 radical (unpaired) electrons. The van der Waals surface area contributed by atoms with E-state index in [0.29, 0.717) is 12.8 Å². The van der Waals surface area contributed by atoms with Crippen molar-refractivity contribution in [2.24, 2.45) is 4.99 Å². The third-order valence-corrected chi connectivity index (χ3v) is 3.81. The molecule has 1 heterocycles. The second kappa shape index (κ2) is 4.90. The highest BCUT2D eigenvalue weighted by Gasteiger charge is 2.36. The van der Waals surface area contributed by atoms with Gasteiger partial charge in [0.2, 0.25) is 0 Å². The molecular formula is C14H16ClNO2. The van der Waals surface area contributed by atoms with E-state index in [1.807, 2.05) is 24.3 Å². The van der Waals surface area contributed by atoms with E-state index < -0.39 is 0 Å². The first-order chi connectivity index (χ1) is 8.70. The van der Waals surface area contributed by atoms with Crippen LogP contribution in [0.1, 0.15) is 24.8 Å². The van der Waals surface area contributed by atoms with Gasteiger partial charge in [0.05, 0.1) is 12.1 Å². The predicted octanol–water partition coefficient (Wildman–Crippen LogP) is 2.59. The molecule has 2 aliphatic rings. The van der Waals surface area contributed by atoms with Crippen molar-refractivity contribution in [2.45, 2.75) is 43.9 Å². The minimum Gasteiger partial charge on any atom is -0.475 e. The molecule has 1 fully saturated rings. The summed E-state index contributed by atoms with van der Waals surface area (Å²) in [4.78, 5) is 4.61. The molecule has 0 spiro atoms. The van der Waals surface area contributed by atoms with Crippen molar-refractivity contribution < 1.29 is 9.84 Å². The summed E-state index contributed by atoms with van der Waals surface area (Å²) in [6.45, 7) is 0. The van der Waals surface area contributed by atoms with E-state index in [4.69, 9.17) is 16.3 Å². The number of fused-ring (bicyclic) bond motifs is 1. The van der Waals surface area contributed by atoms with Crippen LogP contribution in [0, 0.1) is 0 Å². The molecular weight excluding hydrogens is 250 g/mol. The van der Waals surface area contributed by atoms with Gasteiger partial charge in [-0.05, 0) is 30.5 Å². The normalized spacial score (nSPS) is 30.6. The van der Waals surface area contributed by atoms with E-state index in [9.17, 15) is 5.11 Å². The van der Waals surface area contributed by atoms with Crippen LogP contribution in [0.4, 0.5) is 0 Å². The van der Waals surface area contributed by atoms with Crippen molar-refractivity contribution in [3.63, 3.8) is 0 Å². The molecule has 1 aromatic carbocycles. The molecule has 0 amide bonds. The van der Waals surface area contributed by atoms with Crippen LogP contribution in [0.3, 0.4) is 0 Å². The van der Waals surface area contributed by atoms with Crippen LogP contribution in [0.15, 0.2) is 29.3 Å². The molecule has 0 bridgehead atoms. The fourth-order valence-electron chi connectivity index (χ4n) is 2.67. The second-order valence-electron chi connectivity index (χ2n) is 5.02. The van der Waals surface area contributed by atoms with Gasteiger partial charge in [0.1, 0.15) is 6.10 Å². The highest BCUT2D eigenvalue weighted by Crippen LogP contribution is 2.29. The van der Waals surface area contributed by atoms with Crippen molar-refractivity contribution in [2.75, 3.05) is 0 Å². The van der Waals surface area contributed by atoms with Crippen molar-refractivity contribution in [3.8, 4) is 0 Å². The number of nitrogens with zero attached hydrogens (tertiary/aromatic N) is 1. The molecule has 0 saturated heterocycles. The monoisotopic (exact) mass is 265 g/mol. The van der Waals surface area contributed by atoms with E-state index in [-0.39, 0.29) is 18.2 Å². The van der Waals surface area contributed by atoms with Crippen LogP contribution < -0.4 is 0 Å². The number of aliphatic imine (C=N–C) groups is 1. The van der Waals surface area contributed by atoms with Crippen molar-refractivity contribution >= 4 is 17.5 Å². The lowest BCUT2D eigenvalue weighted by Crippen LogP contribution is -2.33. The molecule has 4 heteroatoms. The lowest BCUT2D eigenvalue weighted by atomic mass is 9.91. The lowest BCUT2D eigenvalue weighted by Gasteiger charge is -2.26. The Morgan fingerprint density at radius 3 is 3.11 bits per heavy atom. The van der Waals surface area contributed by atoms with Crippen LogP contribution in [0.25, 0.3) is 0 Å². The molecule has 3 rings (SSSR count). The van der Waals surface area contributed by atoms with Crippen molar-refractivity contribution in [1.82, 2.24) is 0 Å². The Balaban J connectivity index is 1.68. The van der Waals surface area contributed by atoms with Gasteiger partial charge in [0.15, 0.2) is 5.90 Å². The van der Waals surface area contributed by atoms with Crippen LogP contribution in [-0.2, 0) is 11.2 Å². The van der Waals surface area contributed by atoms with Gasteiger partial charge < -0.3 is 9.84 Å². The maximum Gasteiger partial charge on any atom is 0.188 e. The summed E-state index contributed by atoms with van der Waals surface area (Å²) in [6, 6.07) is 7.99. The molecule has 0 aromatic heterocycles. The van der Waals surface area contributed by atoms with Gasteiger partial charge in [-0.3, -0.25) is 0 Å². The minimum atomic E-state index is -0.230. The summed E-state index contributed by atoms with van der Waals surface area (Å²) in [7, 11) is 0. The Morgan fingerprint density at radius 2 is 2.28 bits per heavy atom. The van der Waals surface area contributed by atoms with Crippen LogP contribution in [0.5, 0.6) is 0 Å². The zero-order chi connectivity index (χ0) is 12.5. The molecule has 3 atom stereocenters. The number of rotatable bonds is 2. The molecule has 3 nitrogen and oxygen atoms in total. The summed E-state index contributed by atoms with van der Waals surface area (Å²) in [6.07, 6.45) is 2.98. The first-order valence-electron chi connectivity index (χ1n) is 6.36. The third kappa shape index (κ3) is 2.52. The Labute approximate surface area is 111 Å². The quantitative estimate of drug-likeness (QED) is 0.893. The first-order valence-corrected chi connectivity index (χ1v) is 6.74. The Morgan fingerprint density at radius 1 is 1.39 bits per heavy atom. The average Bonchev–Trinajstić information content (AvgIpc) is 2.70. The van der Waals surface area contributed by atoms with Gasteiger partial charge in [-0.2, -0.15) is 0 Å². The van der Waals surface area contributed by atoms with E-state index in [2.05, 4.69) is 4.99 Å². The van der Waals surface area contributed by atoms with E-state index >= 15 is 0 Å². The number of hydrogen-bond donors (Lipinski definition) is 1. The highest BCUT2D eigenvalue weighted by molar-refractivity contribution is 6.30. The SMILES string of the molecule is OC1CCC2N=C(Cc3cccc(Cl)c3)OC2C1. The standard InChI is InChI=1S/C14H16ClNO2/c15-10-3-1-2-9(6-10)7-14-16-12-5-4-11(17)8-13(12)18-14/h1-3,6,11-13,17H,4-5,7-8H2. The zero-order valence-electron chi connectivity index (χ0n) is 10.1.